The number of aromatic nitrogens is 1. The molecule has 0 aliphatic carbocycles. The van der Waals surface area contributed by atoms with E-state index in [0.717, 1.165) is 22.7 Å². The van der Waals surface area contributed by atoms with Crippen molar-refractivity contribution in [3.8, 4) is 27.9 Å². The van der Waals surface area contributed by atoms with Gasteiger partial charge in [-0.3, -0.25) is 0 Å². The summed E-state index contributed by atoms with van der Waals surface area (Å²) in [5, 5.41) is 10.2. The molecule has 59 heavy (non-hydrogen) atoms. The Kier molecular flexibility index (Phi) is 7.75. The van der Waals surface area contributed by atoms with Crippen LogP contribution in [0.15, 0.2) is 218 Å². The van der Waals surface area contributed by atoms with Gasteiger partial charge >= 0.3 is 0 Å². The van der Waals surface area contributed by atoms with Crippen molar-refractivity contribution in [3.05, 3.63) is 218 Å². The molecule has 10 aromatic carbocycles. The Hall–Kier alpha value is -7.46. The van der Waals surface area contributed by atoms with Gasteiger partial charge in [-0.1, -0.05) is 152 Å². The first-order chi connectivity index (χ1) is 29.3. The van der Waals surface area contributed by atoms with Crippen molar-refractivity contribution in [2.45, 2.75) is 0 Å². The third-order valence-electron chi connectivity index (χ3n) is 12.0. The van der Waals surface area contributed by atoms with Crippen molar-refractivity contribution in [2.75, 3.05) is 4.90 Å². The van der Waals surface area contributed by atoms with Crippen molar-refractivity contribution in [2.24, 2.45) is 0 Å². The van der Waals surface area contributed by atoms with Gasteiger partial charge < -0.3 is 9.47 Å². The minimum atomic E-state index is 1.11. The molecule has 0 fully saturated rings. The van der Waals surface area contributed by atoms with Gasteiger partial charge in [0.25, 0.3) is 0 Å². The Labute approximate surface area is 346 Å². The molecular formula is C56H36N2S. The summed E-state index contributed by atoms with van der Waals surface area (Å²) >= 11 is 1.90. The zero-order valence-electron chi connectivity index (χ0n) is 32.1. The fourth-order valence-electron chi connectivity index (χ4n) is 9.21. The SMILES string of the molecule is c1ccc(N(c2ccc(-c3ccc4ccccc4c3)cc2)c2ccc(-c3ccc(-n4c5ccccc5c5c6sc7ccccc7c6ccc54)cc3)c3ccccc23)cc1. The second-order valence-electron chi connectivity index (χ2n) is 15.3. The Balaban J connectivity index is 0.950. The van der Waals surface area contributed by atoms with E-state index < -0.39 is 0 Å². The molecular weight excluding hydrogens is 733 g/mol. The lowest BCUT2D eigenvalue weighted by Gasteiger charge is -2.27. The van der Waals surface area contributed by atoms with Gasteiger partial charge in [0, 0.05) is 53.4 Å². The Morgan fingerprint density at radius 2 is 1.02 bits per heavy atom. The lowest BCUT2D eigenvalue weighted by molar-refractivity contribution is 1.18. The second-order valence-corrected chi connectivity index (χ2v) is 16.3. The molecule has 0 saturated carbocycles. The summed E-state index contributed by atoms with van der Waals surface area (Å²) in [5.41, 5.74) is 11.8. The van der Waals surface area contributed by atoms with E-state index in [2.05, 4.69) is 228 Å². The van der Waals surface area contributed by atoms with Crippen molar-refractivity contribution in [1.82, 2.24) is 4.57 Å². The average molecular weight is 769 g/mol. The van der Waals surface area contributed by atoms with Gasteiger partial charge in [0.2, 0.25) is 0 Å². The zero-order valence-corrected chi connectivity index (χ0v) is 32.9. The minimum Gasteiger partial charge on any atom is -0.310 e. The number of rotatable bonds is 6. The molecule has 0 bridgehead atoms. The van der Waals surface area contributed by atoms with E-state index in [9.17, 15) is 0 Å². The molecule has 0 saturated heterocycles. The Morgan fingerprint density at radius 1 is 0.373 bits per heavy atom. The molecule has 12 rings (SSSR count). The number of fused-ring (bicyclic) bond motifs is 9. The lowest BCUT2D eigenvalue weighted by atomic mass is 9.96. The molecule has 0 aliphatic rings. The number of hydrogen-bond donors (Lipinski definition) is 0. The van der Waals surface area contributed by atoms with Crippen LogP contribution < -0.4 is 4.90 Å². The van der Waals surface area contributed by atoms with Gasteiger partial charge in [-0.15, -0.1) is 11.3 Å². The topological polar surface area (TPSA) is 8.17 Å². The molecule has 0 spiro atoms. The van der Waals surface area contributed by atoms with Crippen LogP contribution in [-0.4, -0.2) is 4.57 Å². The maximum Gasteiger partial charge on any atom is 0.0555 e. The molecule has 2 aromatic heterocycles. The summed E-state index contributed by atoms with van der Waals surface area (Å²) in [5.74, 6) is 0. The van der Waals surface area contributed by atoms with Crippen molar-refractivity contribution < 1.29 is 0 Å². The van der Waals surface area contributed by atoms with Crippen LogP contribution in [0.4, 0.5) is 17.1 Å². The summed E-state index contributed by atoms with van der Waals surface area (Å²) in [6.07, 6.45) is 0. The molecule has 3 heteroatoms. The van der Waals surface area contributed by atoms with Crippen LogP contribution >= 0.6 is 11.3 Å². The zero-order chi connectivity index (χ0) is 38.9. The minimum absolute atomic E-state index is 1.11. The van der Waals surface area contributed by atoms with Gasteiger partial charge in [0.15, 0.2) is 0 Å². The maximum absolute atomic E-state index is 2.43. The van der Waals surface area contributed by atoms with Crippen LogP contribution in [0.3, 0.4) is 0 Å². The molecule has 12 aromatic rings. The molecule has 2 nitrogen and oxygen atoms in total. The smallest absolute Gasteiger partial charge is 0.0555 e. The first-order valence-electron chi connectivity index (χ1n) is 20.2. The van der Waals surface area contributed by atoms with Gasteiger partial charge in [-0.2, -0.15) is 0 Å². The quantitative estimate of drug-likeness (QED) is 0.164. The molecule has 276 valence electrons. The highest BCUT2D eigenvalue weighted by molar-refractivity contribution is 7.26. The summed E-state index contributed by atoms with van der Waals surface area (Å²) in [7, 11) is 0. The third kappa shape index (κ3) is 5.47. The summed E-state index contributed by atoms with van der Waals surface area (Å²) in [6, 6.07) is 79.8. The highest BCUT2D eigenvalue weighted by atomic mass is 32.1. The number of nitrogens with zero attached hydrogens (tertiary/aromatic N) is 2. The predicted molar refractivity (Wildman–Crippen MR) is 254 cm³/mol. The number of anilines is 3. The van der Waals surface area contributed by atoms with E-state index in [0.29, 0.717) is 0 Å². The standard InChI is InChI=1S/C56H36N2S/c1-2-14-42(15-3-1)57(43-28-24-38(25-29-43)41-23-22-37-12-4-5-13-40(37)36-41)52-34-32-45(46-16-6-7-17-47(46)52)39-26-30-44(31-27-39)58-51-20-10-8-19-50(51)55-53(58)35-33-49-48-18-9-11-21-54(48)59-56(49)55/h1-36H. The number of para-hydroxylation sites is 2. The largest absolute Gasteiger partial charge is 0.310 e. The molecule has 2 heterocycles. The highest BCUT2D eigenvalue weighted by Crippen LogP contribution is 2.45. The van der Waals surface area contributed by atoms with Crippen LogP contribution in [0.2, 0.25) is 0 Å². The van der Waals surface area contributed by atoms with Crippen molar-refractivity contribution in [3.63, 3.8) is 0 Å². The highest BCUT2D eigenvalue weighted by Gasteiger charge is 2.20. The van der Waals surface area contributed by atoms with Crippen LogP contribution in [-0.2, 0) is 0 Å². The van der Waals surface area contributed by atoms with Crippen LogP contribution in [0.25, 0.3) is 91.5 Å². The fourth-order valence-corrected chi connectivity index (χ4v) is 10.5. The van der Waals surface area contributed by atoms with Crippen LogP contribution in [0.1, 0.15) is 0 Å². The number of benzene rings is 10. The average Bonchev–Trinajstić information content (AvgIpc) is 3.86. The maximum atomic E-state index is 2.43. The van der Waals surface area contributed by atoms with E-state index in [1.165, 1.54) is 85.8 Å². The normalized spacial score (nSPS) is 11.7. The van der Waals surface area contributed by atoms with Gasteiger partial charge in [-0.25, -0.2) is 0 Å². The molecule has 0 radical (unpaired) electrons. The van der Waals surface area contributed by atoms with Crippen LogP contribution in [0.5, 0.6) is 0 Å². The summed E-state index contributed by atoms with van der Waals surface area (Å²) < 4.78 is 5.12. The molecule has 0 amide bonds. The molecule has 0 unspecified atom stereocenters. The Morgan fingerprint density at radius 3 is 1.85 bits per heavy atom. The molecule has 0 N–H and O–H groups in total. The van der Waals surface area contributed by atoms with Crippen molar-refractivity contribution in [1.29, 1.82) is 0 Å². The van der Waals surface area contributed by atoms with Gasteiger partial charge in [0.05, 0.1) is 16.7 Å². The Bertz CT molecular complexity index is 3540. The van der Waals surface area contributed by atoms with E-state index in [-0.39, 0.29) is 0 Å². The first-order valence-corrected chi connectivity index (χ1v) is 21.0. The lowest BCUT2D eigenvalue weighted by Crippen LogP contribution is -2.10. The first kappa shape index (κ1) is 33.7. The summed E-state index contributed by atoms with van der Waals surface area (Å²) in [6.45, 7) is 0. The summed E-state index contributed by atoms with van der Waals surface area (Å²) in [4.78, 5) is 2.38. The van der Waals surface area contributed by atoms with Crippen molar-refractivity contribution >= 4 is 91.9 Å². The van der Waals surface area contributed by atoms with E-state index >= 15 is 0 Å². The number of thiophene rings is 1. The fraction of sp³-hybridized carbons (Fsp3) is 0. The van der Waals surface area contributed by atoms with Crippen LogP contribution in [0, 0.1) is 0 Å². The number of hydrogen-bond acceptors (Lipinski definition) is 2. The monoisotopic (exact) mass is 768 g/mol. The second kappa shape index (κ2) is 13.6. The van der Waals surface area contributed by atoms with Gasteiger partial charge in [0.1, 0.15) is 0 Å². The van der Waals surface area contributed by atoms with E-state index in [1.54, 1.807) is 0 Å². The van der Waals surface area contributed by atoms with Gasteiger partial charge in [-0.05, 0) is 105 Å². The third-order valence-corrected chi connectivity index (χ3v) is 13.2. The predicted octanol–water partition coefficient (Wildman–Crippen LogP) is 16.3. The van der Waals surface area contributed by atoms with E-state index in [1.807, 2.05) is 11.3 Å². The molecule has 0 aliphatic heterocycles. The molecule has 0 atom stereocenters. The van der Waals surface area contributed by atoms with E-state index in [4.69, 9.17) is 0 Å².